The summed E-state index contributed by atoms with van der Waals surface area (Å²) in [6.07, 6.45) is 6.26. The first kappa shape index (κ1) is 15.6. The summed E-state index contributed by atoms with van der Waals surface area (Å²) in [5.74, 6) is 0.929. The highest BCUT2D eigenvalue weighted by molar-refractivity contribution is 5.91. The molecule has 1 amide bonds. The smallest absolute Gasteiger partial charge is 0.246 e. The number of benzene rings is 1. The van der Waals surface area contributed by atoms with Crippen LogP contribution >= 0.6 is 0 Å². The van der Waals surface area contributed by atoms with Crippen LogP contribution in [0, 0.1) is 0 Å². The lowest BCUT2D eigenvalue weighted by molar-refractivity contribution is -0.126. The van der Waals surface area contributed by atoms with Gasteiger partial charge in [-0.05, 0) is 43.0 Å². The topological polar surface area (TPSA) is 55.6 Å². The number of hydrogen-bond acceptors (Lipinski definition) is 3. The molecule has 0 radical (unpaired) electrons. The van der Waals surface area contributed by atoms with Gasteiger partial charge < -0.3 is 15.4 Å². The summed E-state index contributed by atoms with van der Waals surface area (Å²) < 4.78 is 5.53. The molecular formula is C17H24N2O2. The molecule has 1 aromatic rings. The summed E-state index contributed by atoms with van der Waals surface area (Å²) in [5.41, 5.74) is 6.84. The van der Waals surface area contributed by atoms with E-state index in [1.54, 1.807) is 6.08 Å². The van der Waals surface area contributed by atoms with Crippen molar-refractivity contribution in [2.45, 2.75) is 32.2 Å². The number of piperidine rings is 1. The molecule has 0 unspecified atom stereocenters. The zero-order valence-electron chi connectivity index (χ0n) is 12.6. The van der Waals surface area contributed by atoms with Crippen LogP contribution in [0.4, 0.5) is 0 Å². The van der Waals surface area contributed by atoms with Gasteiger partial charge in [-0.3, -0.25) is 4.79 Å². The standard InChI is InChI=1S/C17H24N2O2/c1-2-13-21-16-6-3-14(4-7-16)5-8-17(20)19-11-9-15(18)10-12-19/h3-8,15H,2,9-13,18H2,1H3/b8-5+. The molecular weight excluding hydrogens is 264 g/mol. The lowest BCUT2D eigenvalue weighted by Crippen LogP contribution is -2.42. The van der Waals surface area contributed by atoms with E-state index < -0.39 is 0 Å². The lowest BCUT2D eigenvalue weighted by Gasteiger charge is -2.29. The van der Waals surface area contributed by atoms with Gasteiger partial charge in [0.2, 0.25) is 5.91 Å². The Labute approximate surface area is 126 Å². The molecule has 114 valence electrons. The van der Waals surface area contributed by atoms with Crippen LogP contribution in [0.25, 0.3) is 6.08 Å². The highest BCUT2D eigenvalue weighted by atomic mass is 16.5. The van der Waals surface area contributed by atoms with Crippen molar-refractivity contribution in [3.63, 3.8) is 0 Å². The van der Waals surface area contributed by atoms with Gasteiger partial charge in [0.1, 0.15) is 5.75 Å². The third kappa shape index (κ3) is 4.90. The maximum Gasteiger partial charge on any atom is 0.246 e. The van der Waals surface area contributed by atoms with Crippen molar-refractivity contribution in [1.29, 1.82) is 0 Å². The Hall–Kier alpha value is -1.81. The Bertz CT molecular complexity index is 474. The van der Waals surface area contributed by atoms with Crippen LogP contribution in [0.15, 0.2) is 30.3 Å². The molecule has 1 aromatic carbocycles. The van der Waals surface area contributed by atoms with Gasteiger partial charge in [-0.25, -0.2) is 0 Å². The van der Waals surface area contributed by atoms with Gasteiger partial charge in [-0.15, -0.1) is 0 Å². The molecule has 2 rings (SSSR count). The van der Waals surface area contributed by atoms with Crippen molar-refractivity contribution in [1.82, 2.24) is 4.90 Å². The first-order chi connectivity index (χ1) is 10.2. The summed E-state index contributed by atoms with van der Waals surface area (Å²) in [7, 11) is 0. The number of ether oxygens (including phenoxy) is 1. The van der Waals surface area contributed by atoms with Gasteiger partial charge in [-0.1, -0.05) is 19.1 Å². The molecule has 2 N–H and O–H groups in total. The van der Waals surface area contributed by atoms with E-state index in [4.69, 9.17) is 10.5 Å². The number of hydrogen-bond donors (Lipinski definition) is 1. The Balaban J connectivity index is 1.86. The molecule has 0 aromatic heterocycles. The normalized spacial score (nSPS) is 16.4. The van der Waals surface area contributed by atoms with E-state index in [-0.39, 0.29) is 11.9 Å². The van der Waals surface area contributed by atoms with Gasteiger partial charge >= 0.3 is 0 Å². The van der Waals surface area contributed by atoms with Crippen LogP contribution in [-0.4, -0.2) is 36.5 Å². The van der Waals surface area contributed by atoms with E-state index in [9.17, 15) is 4.79 Å². The Morgan fingerprint density at radius 1 is 1.33 bits per heavy atom. The Kier molecular flexibility index (Phi) is 5.81. The van der Waals surface area contributed by atoms with Gasteiger partial charge in [-0.2, -0.15) is 0 Å². The minimum absolute atomic E-state index is 0.0632. The summed E-state index contributed by atoms with van der Waals surface area (Å²) in [4.78, 5) is 13.9. The van der Waals surface area contributed by atoms with Crippen LogP contribution in [0.3, 0.4) is 0 Å². The van der Waals surface area contributed by atoms with Crippen molar-refractivity contribution >= 4 is 12.0 Å². The molecule has 1 heterocycles. The number of nitrogens with zero attached hydrogens (tertiary/aromatic N) is 1. The lowest BCUT2D eigenvalue weighted by atomic mass is 10.1. The van der Waals surface area contributed by atoms with Crippen molar-refractivity contribution in [2.75, 3.05) is 19.7 Å². The third-order valence-corrected chi connectivity index (χ3v) is 3.62. The first-order valence-electron chi connectivity index (χ1n) is 7.64. The minimum atomic E-state index is 0.0632. The van der Waals surface area contributed by atoms with Gasteiger partial charge in [0.05, 0.1) is 6.61 Å². The molecule has 4 heteroatoms. The molecule has 0 atom stereocenters. The van der Waals surface area contributed by atoms with Gasteiger partial charge in [0.15, 0.2) is 0 Å². The van der Waals surface area contributed by atoms with Crippen LogP contribution in [-0.2, 0) is 4.79 Å². The highest BCUT2D eigenvalue weighted by Crippen LogP contribution is 2.14. The van der Waals surface area contributed by atoms with E-state index in [1.165, 1.54) is 0 Å². The number of carbonyl (C=O) groups excluding carboxylic acids is 1. The second kappa shape index (κ2) is 7.84. The van der Waals surface area contributed by atoms with E-state index in [0.717, 1.165) is 50.3 Å². The summed E-state index contributed by atoms with van der Waals surface area (Å²) in [5, 5.41) is 0. The van der Waals surface area contributed by atoms with Crippen LogP contribution in [0.2, 0.25) is 0 Å². The number of rotatable bonds is 5. The van der Waals surface area contributed by atoms with E-state index >= 15 is 0 Å². The summed E-state index contributed by atoms with van der Waals surface area (Å²) in [6.45, 7) is 4.32. The SMILES string of the molecule is CCCOc1ccc(/C=C/C(=O)N2CCC(N)CC2)cc1. The maximum absolute atomic E-state index is 12.1. The van der Waals surface area contributed by atoms with Crippen molar-refractivity contribution in [2.24, 2.45) is 5.73 Å². The fourth-order valence-corrected chi connectivity index (χ4v) is 2.29. The second-order valence-corrected chi connectivity index (χ2v) is 5.41. The zero-order chi connectivity index (χ0) is 15.1. The molecule has 0 saturated carbocycles. The monoisotopic (exact) mass is 288 g/mol. The van der Waals surface area contributed by atoms with E-state index in [2.05, 4.69) is 6.92 Å². The Morgan fingerprint density at radius 3 is 2.62 bits per heavy atom. The highest BCUT2D eigenvalue weighted by Gasteiger charge is 2.18. The van der Waals surface area contributed by atoms with E-state index in [0.29, 0.717) is 0 Å². The molecule has 1 aliphatic heterocycles. The van der Waals surface area contributed by atoms with Crippen LogP contribution < -0.4 is 10.5 Å². The zero-order valence-corrected chi connectivity index (χ0v) is 12.6. The van der Waals surface area contributed by atoms with Crippen molar-refractivity contribution < 1.29 is 9.53 Å². The fraction of sp³-hybridized carbons (Fsp3) is 0.471. The van der Waals surface area contributed by atoms with Crippen LogP contribution in [0.5, 0.6) is 5.75 Å². The molecule has 0 spiro atoms. The average molecular weight is 288 g/mol. The third-order valence-electron chi connectivity index (χ3n) is 3.62. The number of amides is 1. The molecule has 0 bridgehead atoms. The molecule has 0 aliphatic carbocycles. The van der Waals surface area contributed by atoms with Crippen LogP contribution in [0.1, 0.15) is 31.7 Å². The average Bonchev–Trinajstić information content (AvgIpc) is 2.52. The Morgan fingerprint density at radius 2 is 2.00 bits per heavy atom. The van der Waals surface area contributed by atoms with Gasteiger partial charge in [0.25, 0.3) is 0 Å². The predicted octanol–water partition coefficient (Wildman–Crippen LogP) is 2.44. The molecule has 1 aliphatic rings. The summed E-state index contributed by atoms with van der Waals surface area (Å²) >= 11 is 0. The predicted molar refractivity (Wildman–Crippen MR) is 85.1 cm³/mol. The maximum atomic E-state index is 12.1. The number of likely N-dealkylation sites (tertiary alicyclic amines) is 1. The number of nitrogens with two attached hydrogens (primary N) is 1. The molecule has 4 nitrogen and oxygen atoms in total. The quantitative estimate of drug-likeness (QED) is 0.847. The second-order valence-electron chi connectivity index (χ2n) is 5.41. The van der Waals surface area contributed by atoms with Crippen molar-refractivity contribution in [3.8, 4) is 5.75 Å². The molecule has 21 heavy (non-hydrogen) atoms. The molecule has 1 fully saturated rings. The summed E-state index contributed by atoms with van der Waals surface area (Å²) in [6, 6.07) is 8.02. The minimum Gasteiger partial charge on any atom is -0.494 e. The van der Waals surface area contributed by atoms with Crippen molar-refractivity contribution in [3.05, 3.63) is 35.9 Å². The first-order valence-corrected chi connectivity index (χ1v) is 7.64. The van der Waals surface area contributed by atoms with Gasteiger partial charge in [0, 0.05) is 25.2 Å². The fourth-order valence-electron chi connectivity index (χ4n) is 2.29. The van der Waals surface area contributed by atoms with E-state index in [1.807, 2.05) is 35.2 Å². The number of carbonyl (C=O) groups is 1. The largest absolute Gasteiger partial charge is 0.494 e. The molecule has 1 saturated heterocycles.